The second-order valence-electron chi connectivity index (χ2n) is 8.57. The van der Waals surface area contributed by atoms with Gasteiger partial charge in [0, 0.05) is 35.5 Å². The molecule has 0 fully saturated rings. The second-order valence-corrected chi connectivity index (χ2v) is 8.57. The zero-order valence-electron chi connectivity index (χ0n) is 17.7. The molecule has 30 heavy (non-hydrogen) atoms. The van der Waals surface area contributed by atoms with Crippen molar-refractivity contribution in [2.75, 3.05) is 11.4 Å². The molecule has 5 heteroatoms. The number of hydrogen-bond acceptors (Lipinski definition) is 2. The van der Waals surface area contributed by atoms with Crippen molar-refractivity contribution in [1.29, 1.82) is 0 Å². The zero-order valence-corrected chi connectivity index (χ0v) is 17.7. The Labute approximate surface area is 176 Å². The van der Waals surface area contributed by atoms with Crippen molar-refractivity contribution in [3.05, 3.63) is 65.4 Å². The van der Waals surface area contributed by atoms with Gasteiger partial charge in [0.25, 0.3) is 5.91 Å². The summed E-state index contributed by atoms with van der Waals surface area (Å²) in [5.74, 6) is 0.00576. The molecule has 1 spiro atoms. The molecule has 1 N–H and O–H groups in total. The van der Waals surface area contributed by atoms with E-state index in [0.29, 0.717) is 13.0 Å². The molecule has 2 aliphatic rings. The van der Waals surface area contributed by atoms with Crippen LogP contribution in [0.15, 0.2) is 48.5 Å². The molecule has 0 radical (unpaired) electrons. The predicted molar refractivity (Wildman–Crippen MR) is 118 cm³/mol. The third-order valence-electron chi connectivity index (χ3n) is 6.53. The molecule has 0 aliphatic carbocycles. The lowest BCUT2D eigenvalue weighted by Gasteiger charge is -2.44. The molecule has 2 amide bonds. The van der Waals surface area contributed by atoms with Crippen molar-refractivity contribution in [1.82, 2.24) is 9.88 Å². The van der Waals surface area contributed by atoms with E-state index in [4.69, 9.17) is 0 Å². The number of nitrogens with one attached hydrogen (secondary N) is 1. The van der Waals surface area contributed by atoms with Crippen molar-refractivity contribution >= 4 is 28.4 Å². The molecular weight excluding hydrogens is 374 g/mol. The van der Waals surface area contributed by atoms with Gasteiger partial charge in [-0.2, -0.15) is 0 Å². The Bertz CT molecular complexity index is 1160. The highest BCUT2D eigenvalue weighted by molar-refractivity contribution is 6.13. The Kier molecular flexibility index (Phi) is 4.24. The van der Waals surface area contributed by atoms with E-state index in [1.807, 2.05) is 73.0 Å². The molecule has 2 aromatic carbocycles. The zero-order chi connectivity index (χ0) is 21.0. The molecule has 1 unspecified atom stereocenters. The molecule has 0 bridgehead atoms. The van der Waals surface area contributed by atoms with Crippen LogP contribution in [0.2, 0.25) is 0 Å². The van der Waals surface area contributed by atoms with E-state index in [-0.39, 0.29) is 17.9 Å². The van der Waals surface area contributed by atoms with E-state index in [0.717, 1.165) is 46.3 Å². The highest BCUT2D eigenvalue weighted by atomic mass is 16.2. The number of fused-ring (bicyclic) bond motifs is 6. The van der Waals surface area contributed by atoms with Gasteiger partial charge < -0.3 is 14.8 Å². The maximum absolute atomic E-state index is 14.3. The number of aromatic nitrogens is 1. The number of benzene rings is 2. The van der Waals surface area contributed by atoms with Crippen LogP contribution < -0.4 is 4.90 Å². The van der Waals surface area contributed by atoms with Crippen LogP contribution in [0.3, 0.4) is 0 Å². The van der Waals surface area contributed by atoms with Crippen LogP contribution in [0, 0.1) is 0 Å². The topological polar surface area (TPSA) is 56.4 Å². The molecule has 154 valence electrons. The van der Waals surface area contributed by atoms with Crippen LogP contribution in [-0.2, 0) is 21.5 Å². The van der Waals surface area contributed by atoms with Crippen LogP contribution in [0.1, 0.15) is 50.4 Å². The first-order chi connectivity index (χ1) is 14.5. The Balaban J connectivity index is 1.86. The molecule has 1 aromatic heterocycles. The van der Waals surface area contributed by atoms with Crippen molar-refractivity contribution in [3.63, 3.8) is 0 Å². The van der Waals surface area contributed by atoms with Gasteiger partial charge in [0.1, 0.15) is 0 Å². The van der Waals surface area contributed by atoms with Gasteiger partial charge in [-0.3, -0.25) is 9.59 Å². The number of para-hydroxylation sites is 2. The standard InChI is InChI=1S/C25H27N3O2/c1-4-9-22(29)27-15-14-18-17-10-5-7-12-20(17)26-23(18)25(27)19-11-6-8-13-21(19)28(16(2)3)24(25)30/h5-8,10-13,16,26H,4,9,14-15H2,1-3H3. The Morgan fingerprint density at radius 3 is 2.63 bits per heavy atom. The summed E-state index contributed by atoms with van der Waals surface area (Å²) in [5, 5.41) is 1.14. The first kappa shape index (κ1) is 18.9. The summed E-state index contributed by atoms with van der Waals surface area (Å²) in [4.78, 5) is 34.9. The summed E-state index contributed by atoms with van der Waals surface area (Å²) < 4.78 is 0. The number of H-pyrrole nitrogens is 1. The van der Waals surface area contributed by atoms with Gasteiger partial charge in [-0.15, -0.1) is 0 Å². The van der Waals surface area contributed by atoms with Crippen LogP contribution in [0.5, 0.6) is 0 Å². The van der Waals surface area contributed by atoms with E-state index in [9.17, 15) is 9.59 Å². The number of carbonyl (C=O) groups excluding carboxylic acids is 2. The number of rotatable bonds is 3. The van der Waals surface area contributed by atoms with Crippen molar-refractivity contribution in [2.45, 2.75) is 51.6 Å². The SMILES string of the molecule is CCCC(=O)N1CCc2c([nH]c3ccccc23)C12C(=O)N(C(C)C)c1ccccc12. The van der Waals surface area contributed by atoms with Gasteiger partial charge in [-0.05, 0) is 44.4 Å². The first-order valence-corrected chi connectivity index (χ1v) is 10.9. The van der Waals surface area contributed by atoms with Crippen LogP contribution in [-0.4, -0.2) is 34.3 Å². The van der Waals surface area contributed by atoms with E-state index >= 15 is 0 Å². The summed E-state index contributed by atoms with van der Waals surface area (Å²) in [6.07, 6.45) is 1.94. The first-order valence-electron chi connectivity index (χ1n) is 10.9. The Morgan fingerprint density at radius 2 is 1.87 bits per heavy atom. The third-order valence-corrected chi connectivity index (χ3v) is 6.53. The van der Waals surface area contributed by atoms with E-state index in [1.165, 1.54) is 0 Å². The van der Waals surface area contributed by atoms with Crippen LogP contribution >= 0.6 is 0 Å². The third kappa shape index (κ3) is 2.29. The minimum absolute atomic E-state index is 0.00379. The average Bonchev–Trinajstić information content (AvgIpc) is 3.23. The molecule has 0 saturated heterocycles. The lowest BCUT2D eigenvalue weighted by atomic mass is 9.79. The van der Waals surface area contributed by atoms with Crippen molar-refractivity contribution in [3.8, 4) is 0 Å². The van der Waals surface area contributed by atoms with E-state index < -0.39 is 5.54 Å². The summed E-state index contributed by atoms with van der Waals surface area (Å²) in [7, 11) is 0. The van der Waals surface area contributed by atoms with Gasteiger partial charge >= 0.3 is 0 Å². The minimum Gasteiger partial charge on any atom is -0.355 e. The highest BCUT2D eigenvalue weighted by Gasteiger charge is 2.60. The molecule has 0 saturated carbocycles. The molecule has 3 aromatic rings. The lowest BCUT2D eigenvalue weighted by molar-refractivity contribution is -0.145. The summed E-state index contributed by atoms with van der Waals surface area (Å²) in [6, 6.07) is 16.1. The fraction of sp³-hybridized carbons (Fsp3) is 0.360. The minimum atomic E-state index is -1.13. The van der Waals surface area contributed by atoms with Gasteiger partial charge in [0.05, 0.1) is 11.4 Å². The van der Waals surface area contributed by atoms with E-state index in [1.54, 1.807) is 0 Å². The Hall–Kier alpha value is -3.08. The smallest absolute Gasteiger partial charge is 0.264 e. The average molecular weight is 402 g/mol. The van der Waals surface area contributed by atoms with Crippen molar-refractivity contribution in [2.24, 2.45) is 0 Å². The second kappa shape index (κ2) is 6.73. The van der Waals surface area contributed by atoms with Gasteiger partial charge in [0.15, 0.2) is 5.54 Å². The molecule has 2 aliphatic heterocycles. The number of aromatic amines is 1. The van der Waals surface area contributed by atoms with Gasteiger partial charge in [0.2, 0.25) is 5.91 Å². The summed E-state index contributed by atoms with van der Waals surface area (Å²) in [5.41, 5.74) is 3.71. The quantitative estimate of drug-likeness (QED) is 0.709. The number of amides is 2. The fourth-order valence-corrected chi connectivity index (χ4v) is 5.36. The number of carbonyl (C=O) groups is 2. The van der Waals surface area contributed by atoms with Crippen LogP contribution in [0.4, 0.5) is 5.69 Å². The Morgan fingerprint density at radius 1 is 1.13 bits per heavy atom. The normalized spacial score (nSPS) is 20.3. The van der Waals surface area contributed by atoms with Gasteiger partial charge in [-0.25, -0.2) is 0 Å². The number of hydrogen-bond donors (Lipinski definition) is 1. The predicted octanol–water partition coefficient (Wildman–Crippen LogP) is 4.35. The molecule has 5 rings (SSSR count). The lowest BCUT2D eigenvalue weighted by Crippen LogP contribution is -2.59. The van der Waals surface area contributed by atoms with E-state index in [2.05, 4.69) is 11.1 Å². The van der Waals surface area contributed by atoms with Crippen molar-refractivity contribution < 1.29 is 9.59 Å². The summed E-state index contributed by atoms with van der Waals surface area (Å²) in [6.45, 7) is 6.61. The largest absolute Gasteiger partial charge is 0.355 e. The van der Waals surface area contributed by atoms with Crippen LogP contribution in [0.25, 0.3) is 10.9 Å². The van der Waals surface area contributed by atoms with Gasteiger partial charge in [-0.1, -0.05) is 43.3 Å². The molecular formula is C25H27N3O2. The summed E-state index contributed by atoms with van der Waals surface area (Å²) >= 11 is 0. The fourth-order valence-electron chi connectivity index (χ4n) is 5.36. The highest BCUT2D eigenvalue weighted by Crippen LogP contribution is 2.52. The molecule has 5 nitrogen and oxygen atoms in total. The number of anilines is 1. The monoisotopic (exact) mass is 401 g/mol. The maximum Gasteiger partial charge on any atom is 0.264 e. The molecule has 3 heterocycles. The molecule has 1 atom stereocenters. The number of nitrogens with zero attached hydrogens (tertiary/aromatic N) is 2. The maximum atomic E-state index is 14.3.